The largest absolute Gasteiger partial charge is 0.466 e. The zero-order valence-corrected chi connectivity index (χ0v) is 12.2. The molecule has 0 aromatic carbocycles. The summed E-state index contributed by atoms with van der Waals surface area (Å²) >= 11 is 0. The first-order valence-corrected chi connectivity index (χ1v) is 7.19. The third-order valence-corrected chi connectivity index (χ3v) is 2.64. The number of hydrogen-bond acceptors (Lipinski definition) is 2. The standard InChI is InChI=1S/C16H28O2/c1-4-6-12-16(11-5-2)13-9-7-8-10-14-18-15(3)17/h9,12-13H,4-8,10-11,14H2,1-3H3/b13-9+,16-12+. The third-order valence-electron chi connectivity index (χ3n) is 2.64. The predicted molar refractivity (Wildman–Crippen MR) is 77.5 cm³/mol. The van der Waals surface area contributed by atoms with Crippen LogP contribution in [-0.4, -0.2) is 12.6 Å². The van der Waals surface area contributed by atoms with E-state index in [-0.39, 0.29) is 5.97 Å². The molecule has 0 fully saturated rings. The van der Waals surface area contributed by atoms with Crippen molar-refractivity contribution in [2.45, 2.75) is 65.7 Å². The molecule has 0 saturated heterocycles. The van der Waals surface area contributed by atoms with Crippen LogP contribution >= 0.6 is 0 Å². The fraction of sp³-hybridized carbons (Fsp3) is 0.688. The molecule has 0 saturated carbocycles. The maximum atomic E-state index is 10.6. The number of carbonyl (C=O) groups excluding carboxylic acids is 1. The highest BCUT2D eigenvalue weighted by Gasteiger charge is 1.93. The summed E-state index contributed by atoms with van der Waals surface area (Å²) in [5.74, 6) is -0.182. The van der Waals surface area contributed by atoms with Crippen LogP contribution in [0.4, 0.5) is 0 Å². The van der Waals surface area contributed by atoms with Gasteiger partial charge in [0.1, 0.15) is 0 Å². The molecule has 104 valence electrons. The summed E-state index contributed by atoms with van der Waals surface area (Å²) in [5, 5.41) is 0. The van der Waals surface area contributed by atoms with Crippen molar-refractivity contribution in [3.05, 3.63) is 23.8 Å². The Kier molecular flexibility index (Phi) is 11.7. The number of allylic oxidation sites excluding steroid dienone is 4. The van der Waals surface area contributed by atoms with E-state index in [4.69, 9.17) is 4.74 Å². The summed E-state index contributed by atoms with van der Waals surface area (Å²) in [7, 11) is 0. The maximum Gasteiger partial charge on any atom is 0.302 e. The monoisotopic (exact) mass is 252 g/mol. The molecular weight excluding hydrogens is 224 g/mol. The SMILES string of the molecule is CCC/C=C(/C=C/CCCCOC(C)=O)CCC. The molecule has 0 aromatic heterocycles. The van der Waals surface area contributed by atoms with Crippen molar-refractivity contribution in [2.75, 3.05) is 6.61 Å². The summed E-state index contributed by atoms with van der Waals surface area (Å²) in [6.07, 6.45) is 14.7. The summed E-state index contributed by atoms with van der Waals surface area (Å²) in [5.41, 5.74) is 1.46. The zero-order valence-electron chi connectivity index (χ0n) is 12.2. The van der Waals surface area contributed by atoms with Crippen LogP contribution in [0.1, 0.15) is 65.7 Å². The Hall–Kier alpha value is -1.05. The van der Waals surface area contributed by atoms with Crippen LogP contribution < -0.4 is 0 Å². The average Bonchev–Trinajstić information content (AvgIpc) is 2.34. The van der Waals surface area contributed by atoms with Crippen LogP contribution in [0.5, 0.6) is 0 Å². The summed E-state index contributed by atoms with van der Waals surface area (Å²) in [4.78, 5) is 10.6. The first-order valence-electron chi connectivity index (χ1n) is 7.19. The lowest BCUT2D eigenvalue weighted by atomic mass is 10.1. The number of hydrogen-bond donors (Lipinski definition) is 0. The van der Waals surface area contributed by atoms with E-state index < -0.39 is 0 Å². The molecule has 0 rings (SSSR count). The number of ether oxygens (including phenoxy) is 1. The molecule has 0 spiro atoms. The van der Waals surface area contributed by atoms with Gasteiger partial charge in [-0.1, -0.05) is 50.5 Å². The molecule has 0 N–H and O–H groups in total. The Morgan fingerprint density at radius 2 is 1.89 bits per heavy atom. The summed E-state index contributed by atoms with van der Waals surface area (Å²) < 4.78 is 4.89. The molecule has 0 radical (unpaired) electrons. The van der Waals surface area contributed by atoms with Crippen LogP contribution in [0.2, 0.25) is 0 Å². The molecule has 0 aliphatic heterocycles. The molecule has 18 heavy (non-hydrogen) atoms. The van der Waals surface area contributed by atoms with E-state index in [1.165, 1.54) is 38.2 Å². The van der Waals surface area contributed by atoms with Gasteiger partial charge in [0.25, 0.3) is 0 Å². The fourth-order valence-electron chi connectivity index (χ4n) is 1.69. The molecule has 0 atom stereocenters. The third kappa shape index (κ3) is 11.4. The molecule has 0 aromatic rings. The molecule has 0 unspecified atom stereocenters. The second-order valence-corrected chi connectivity index (χ2v) is 4.56. The van der Waals surface area contributed by atoms with Gasteiger partial charge in [-0.15, -0.1) is 0 Å². The molecule has 0 heterocycles. The summed E-state index contributed by atoms with van der Waals surface area (Å²) in [6, 6.07) is 0. The normalized spacial score (nSPS) is 12.1. The van der Waals surface area contributed by atoms with Gasteiger partial charge in [0.05, 0.1) is 6.61 Å². The van der Waals surface area contributed by atoms with Gasteiger partial charge in [0.2, 0.25) is 0 Å². The highest BCUT2D eigenvalue weighted by atomic mass is 16.5. The lowest BCUT2D eigenvalue weighted by Crippen LogP contribution is -1.99. The van der Waals surface area contributed by atoms with Crippen LogP contribution in [0, 0.1) is 0 Å². The second kappa shape index (κ2) is 12.4. The molecule has 2 nitrogen and oxygen atoms in total. The number of esters is 1. The van der Waals surface area contributed by atoms with Crippen molar-refractivity contribution in [2.24, 2.45) is 0 Å². The first kappa shape index (κ1) is 16.9. The van der Waals surface area contributed by atoms with E-state index in [2.05, 4.69) is 32.1 Å². The van der Waals surface area contributed by atoms with Crippen LogP contribution in [0.25, 0.3) is 0 Å². The first-order chi connectivity index (χ1) is 8.70. The van der Waals surface area contributed by atoms with Crippen LogP contribution in [-0.2, 0) is 9.53 Å². The van der Waals surface area contributed by atoms with Gasteiger partial charge in [-0.2, -0.15) is 0 Å². The smallest absolute Gasteiger partial charge is 0.302 e. The Balaban J connectivity index is 3.72. The van der Waals surface area contributed by atoms with Crippen molar-refractivity contribution in [1.82, 2.24) is 0 Å². The Morgan fingerprint density at radius 3 is 2.50 bits per heavy atom. The topological polar surface area (TPSA) is 26.3 Å². The number of rotatable bonds is 10. The van der Waals surface area contributed by atoms with Gasteiger partial charge in [-0.25, -0.2) is 0 Å². The minimum Gasteiger partial charge on any atom is -0.466 e. The predicted octanol–water partition coefficient (Wildman–Crippen LogP) is 4.80. The van der Waals surface area contributed by atoms with Crippen molar-refractivity contribution in [3.63, 3.8) is 0 Å². The molecule has 0 amide bonds. The highest BCUT2D eigenvalue weighted by molar-refractivity contribution is 5.65. The molecule has 2 heteroatoms. The van der Waals surface area contributed by atoms with Crippen molar-refractivity contribution in [3.8, 4) is 0 Å². The number of unbranched alkanes of at least 4 members (excludes halogenated alkanes) is 3. The molecule has 0 bridgehead atoms. The average molecular weight is 252 g/mol. The van der Waals surface area contributed by atoms with Gasteiger partial charge < -0.3 is 4.74 Å². The van der Waals surface area contributed by atoms with E-state index in [0.717, 1.165) is 19.3 Å². The molecular formula is C16H28O2. The van der Waals surface area contributed by atoms with E-state index >= 15 is 0 Å². The van der Waals surface area contributed by atoms with Crippen LogP contribution in [0.15, 0.2) is 23.8 Å². The maximum absolute atomic E-state index is 10.6. The van der Waals surface area contributed by atoms with Gasteiger partial charge in [-0.3, -0.25) is 4.79 Å². The van der Waals surface area contributed by atoms with Crippen molar-refractivity contribution >= 4 is 5.97 Å². The minimum atomic E-state index is -0.182. The Bertz CT molecular complexity index is 264. The molecule has 0 aliphatic carbocycles. The van der Waals surface area contributed by atoms with E-state index in [0.29, 0.717) is 6.61 Å². The van der Waals surface area contributed by atoms with E-state index in [9.17, 15) is 4.79 Å². The lowest BCUT2D eigenvalue weighted by molar-refractivity contribution is -0.141. The zero-order chi connectivity index (χ0) is 13.6. The fourth-order valence-corrected chi connectivity index (χ4v) is 1.69. The summed E-state index contributed by atoms with van der Waals surface area (Å²) in [6.45, 7) is 6.43. The van der Waals surface area contributed by atoms with Crippen LogP contribution in [0.3, 0.4) is 0 Å². The number of carbonyl (C=O) groups is 1. The highest BCUT2D eigenvalue weighted by Crippen LogP contribution is 2.10. The quantitative estimate of drug-likeness (QED) is 0.317. The van der Waals surface area contributed by atoms with Gasteiger partial charge in [0, 0.05) is 6.92 Å². The molecule has 0 aliphatic rings. The minimum absolute atomic E-state index is 0.182. The van der Waals surface area contributed by atoms with E-state index in [1.54, 1.807) is 0 Å². The second-order valence-electron chi connectivity index (χ2n) is 4.56. The Labute approximate surface area is 112 Å². The van der Waals surface area contributed by atoms with Crippen molar-refractivity contribution in [1.29, 1.82) is 0 Å². The van der Waals surface area contributed by atoms with Gasteiger partial charge >= 0.3 is 5.97 Å². The lowest BCUT2D eigenvalue weighted by Gasteiger charge is -2.01. The Morgan fingerprint density at radius 1 is 1.11 bits per heavy atom. The van der Waals surface area contributed by atoms with E-state index in [1.807, 2.05) is 0 Å². The van der Waals surface area contributed by atoms with Gasteiger partial charge in [0.15, 0.2) is 0 Å². The van der Waals surface area contributed by atoms with Crippen molar-refractivity contribution < 1.29 is 9.53 Å². The van der Waals surface area contributed by atoms with Gasteiger partial charge in [-0.05, 0) is 32.1 Å².